The van der Waals surface area contributed by atoms with Gasteiger partial charge in [0.25, 0.3) is 0 Å². The molecule has 2 heterocycles. The van der Waals surface area contributed by atoms with Crippen LogP contribution in [0.5, 0.6) is 0 Å². The number of carboxylic acids is 1. The first-order valence-corrected chi connectivity index (χ1v) is 20.6. The SMILES string of the molecule is CC(C)[C@](O)(CC[C@@H](C(=O)O)[C@H]1CC[C@H]2C3=CC[C@H]4C[C@@H](O[C@@H]5O[C@H](CO)[C@@H](O)[C@H](O)[C@H]5O)CC[C@]4(C)C3=CC[C@]12C)[C@@H](C)O[C@@H]1O[C@H](CO)[C@@H](O)[C@H](O)[C@H]1O. The molecule has 19 atom stereocenters. The summed E-state index contributed by atoms with van der Waals surface area (Å²) >= 11 is 0. The van der Waals surface area contributed by atoms with Gasteiger partial charge in [-0.05, 0) is 110 Å². The van der Waals surface area contributed by atoms with E-state index in [4.69, 9.17) is 18.9 Å². The summed E-state index contributed by atoms with van der Waals surface area (Å²) in [4.78, 5) is 13.1. The fourth-order valence-electron chi connectivity index (χ4n) is 11.3. The Morgan fingerprint density at radius 2 is 1.48 bits per heavy atom. The smallest absolute Gasteiger partial charge is 0.306 e. The summed E-state index contributed by atoms with van der Waals surface area (Å²) in [5, 5.41) is 104. The number of fused-ring (bicyclic) bond motifs is 5. The van der Waals surface area contributed by atoms with E-state index < -0.39 is 98.2 Å². The second kappa shape index (κ2) is 16.8. The summed E-state index contributed by atoms with van der Waals surface area (Å²) in [6.07, 6.45) is -5.00. The van der Waals surface area contributed by atoms with Crippen LogP contribution in [0, 0.1) is 40.4 Å². The number of aliphatic hydroxyl groups is 9. The predicted molar refractivity (Wildman–Crippen MR) is 198 cm³/mol. The van der Waals surface area contributed by atoms with Gasteiger partial charge < -0.3 is 70.0 Å². The Morgan fingerprint density at radius 1 is 0.875 bits per heavy atom. The average Bonchev–Trinajstić information content (AvgIpc) is 3.51. The Morgan fingerprint density at radius 3 is 2.07 bits per heavy atom. The van der Waals surface area contributed by atoms with Crippen molar-refractivity contribution >= 4 is 5.97 Å². The Hall–Kier alpha value is -1.57. The van der Waals surface area contributed by atoms with Gasteiger partial charge in [-0.25, -0.2) is 0 Å². The first kappa shape index (κ1) is 44.0. The maximum Gasteiger partial charge on any atom is 0.306 e. The van der Waals surface area contributed by atoms with Crippen LogP contribution in [0.3, 0.4) is 0 Å². The number of hydrogen-bond acceptors (Lipinski definition) is 14. The van der Waals surface area contributed by atoms with Crippen molar-refractivity contribution in [2.75, 3.05) is 13.2 Å². The molecule has 4 fully saturated rings. The molecule has 56 heavy (non-hydrogen) atoms. The van der Waals surface area contributed by atoms with Gasteiger partial charge in [0.05, 0.1) is 36.9 Å². The van der Waals surface area contributed by atoms with E-state index in [1.807, 2.05) is 13.8 Å². The van der Waals surface area contributed by atoms with Crippen molar-refractivity contribution in [2.24, 2.45) is 40.4 Å². The number of aliphatic hydroxyl groups excluding tert-OH is 8. The molecule has 0 bridgehead atoms. The lowest BCUT2D eigenvalue weighted by Gasteiger charge is -2.54. The Labute approximate surface area is 328 Å². The summed E-state index contributed by atoms with van der Waals surface area (Å²) in [7, 11) is 0. The number of ether oxygens (including phenoxy) is 4. The predicted octanol–water partition coefficient (Wildman–Crippen LogP) is 0.744. The molecule has 4 aliphatic carbocycles. The summed E-state index contributed by atoms with van der Waals surface area (Å²) in [6.45, 7) is 8.59. The number of aliphatic carboxylic acids is 1. The van der Waals surface area contributed by atoms with Crippen molar-refractivity contribution in [3.63, 3.8) is 0 Å². The second-order valence-corrected chi connectivity index (χ2v) is 18.4. The van der Waals surface area contributed by atoms with Gasteiger partial charge in [-0.3, -0.25) is 4.79 Å². The van der Waals surface area contributed by atoms with Gasteiger partial charge in [-0.1, -0.05) is 39.8 Å². The fraction of sp³-hybridized carbons (Fsp3) is 0.878. The van der Waals surface area contributed by atoms with Crippen LogP contribution in [0.1, 0.15) is 92.4 Å². The molecule has 15 nitrogen and oxygen atoms in total. The number of hydrogen-bond donors (Lipinski definition) is 10. The largest absolute Gasteiger partial charge is 0.481 e. The zero-order valence-corrected chi connectivity index (χ0v) is 33.3. The van der Waals surface area contributed by atoms with Gasteiger partial charge in [-0.15, -0.1) is 0 Å². The molecule has 0 spiro atoms. The van der Waals surface area contributed by atoms with Crippen LogP contribution in [0.2, 0.25) is 0 Å². The maximum atomic E-state index is 13.1. The zero-order valence-electron chi connectivity index (χ0n) is 33.3. The highest BCUT2D eigenvalue weighted by atomic mass is 16.7. The van der Waals surface area contributed by atoms with E-state index in [0.717, 1.165) is 32.1 Å². The molecule has 0 aromatic carbocycles. The number of carboxylic acid groups (broad SMARTS) is 1. The third-order valence-corrected chi connectivity index (χ3v) is 15.2. The molecule has 0 radical (unpaired) electrons. The highest BCUT2D eigenvalue weighted by molar-refractivity contribution is 5.70. The van der Waals surface area contributed by atoms with E-state index in [0.29, 0.717) is 12.8 Å². The summed E-state index contributed by atoms with van der Waals surface area (Å²) < 4.78 is 23.3. The van der Waals surface area contributed by atoms with E-state index in [9.17, 15) is 55.9 Å². The van der Waals surface area contributed by atoms with E-state index in [1.54, 1.807) is 6.92 Å². The third-order valence-electron chi connectivity index (χ3n) is 15.2. The third kappa shape index (κ3) is 7.67. The van der Waals surface area contributed by atoms with Gasteiger partial charge >= 0.3 is 5.97 Å². The average molecular weight is 799 g/mol. The molecule has 2 saturated carbocycles. The fourth-order valence-corrected chi connectivity index (χ4v) is 11.3. The normalized spacial score (nSPS) is 46.1. The molecule has 320 valence electrons. The first-order valence-electron chi connectivity index (χ1n) is 20.6. The van der Waals surface area contributed by atoms with Crippen LogP contribution in [-0.4, -0.2) is 149 Å². The highest BCUT2D eigenvalue weighted by Crippen LogP contribution is 2.65. The summed E-state index contributed by atoms with van der Waals surface area (Å²) in [5.41, 5.74) is 0.641. The van der Waals surface area contributed by atoms with E-state index >= 15 is 0 Å². The standard InChI is InChI=1S/C41H66O15/c1-19(2)41(52,20(3)53-37-34(48)32(46)30(44)28(17-42)55-37)15-11-24(36(50)51)26-9-8-25-23-7-6-21-16-22(10-13-39(21,4)27(23)12-14-40(25,26)5)54-38-35(49)33(47)31(45)29(18-43)56-38/h7,12,19-22,24-26,28-35,37-38,42-49,52H,6,8-11,13-18H2,1-5H3,(H,50,51)/t20-,21+,22+,24-,25+,26-,28-,29-,30-,31-,32+,33+,34-,35-,37-,38-,39+,40+,41-/m1/s1. The Balaban J connectivity index is 1.13. The van der Waals surface area contributed by atoms with Gasteiger partial charge in [0.1, 0.15) is 48.8 Å². The van der Waals surface area contributed by atoms with Gasteiger partial charge in [0.15, 0.2) is 12.6 Å². The van der Waals surface area contributed by atoms with Crippen molar-refractivity contribution in [3.05, 3.63) is 23.3 Å². The minimum absolute atomic E-state index is 0.0906. The molecule has 6 rings (SSSR count). The summed E-state index contributed by atoms with van der Waals surface area (Å²) in [6, 6.07) is 0. The van der Waals surface area contributed by atoms with Crippen LogP contribution in [-0.2, 0) is 23.7 Å². The topological polar surface area (TPSA) is 256 Å². The number of allylic oxidation sites excluding steroid dienone is 4. The lowest BCUT2D eigenvalue weighted by atomic mass is 9.51. The monoisotopic (exact) mass is 798 g/mol. The summed E-state index contributed by atoms with van der Waals surface area (Å²) in [5.74, 6) is -1.78. The van der Waals surface area contributed by atoms with Crippen molar-refractivity contribution < 1.29 is 74.8 Å². The molecule has 0 amide bonds. The van der Waals surface area contributed by atoms with Crippen molar-refractivity contribution in [1.29, 1.82) is 0 Å². The van der Waals surface area contributed by atoms with Crippen molar-refractivity contribution in [1.82, 2.24) is 0 Å². The van der Waals surface area contributed by atoms with E-state index in [1.165, 1.54) is 11.1 Å². The minimum atomic E-state index is -1.63. The Bertz CT molecular complexity index is 1450. The Kier molecular flexibility index (Phi) is 13.2. The van der Waals surface area contributed by atoms with Crippen LogP contribution in [0.15, 0.2) is 23.3 Å². The van der Waals surface area contributed by atoms with Gasteiger partial charge in [0, 0.05) is 0 Å². The van der Waals surface area contributed by atoms with E-state index in [2.05, 4.69) is 26.0 Å². The highest BCUT2D eigenvalue weighted by Gasteiger charge is 2.58. The molecule has 15 heteroatoms. The maximum absolute atomic E-state index is 13.1. The molecule has 2 aliphatic heterocycles. The van der Waals surface area contributed by atoms with Crippen LogP contribution < -0.4 is 0 Å². The molecule has 6 aliphatic rings. The van der Waals surface area contributed by atoms with Gasteiger partial charge in [0.2, 0.25) is 0 Å². The van der Waals surface area contributed by atoms with Crippen molar-refractivity contribution in [2.45, 2.75) is 172 Å². The number of carbonyl (C=O) groups is 1. The van der Waals surface area contributed by atoms with Crippen LogP contribution >= 0.6 is 0 Å². The molecule has 2 saturated heterocycles. The first-order chi connectivity index (χ1) is 26.3. The lowest BCUT2D eigenvalue weighted by Crippen LogP contribution is -2.61. The van der Waals surface area contributed by atoms with Crippen LogP contribution in [0.4, 0.5) is 0 Å². The quantitative estimate of drug-likeness (QED) is 0.123. The molecular formula is C41H66O15. The number of rotatable bonds is 13. The van der Waals surface area contributed by atoms with Gasteiger partial charge in [-0.2, -0.15) is 0 Å². The van der Waals surface area contributed by atoms with Crippen LogP contribution in [0.25, 0.3) is 0 Å². The molecule has 0 aromatic heterocycles. The lowest BCUT2D eigenvalue weighted by molar-refractivity contribution is -0.324. The van der Waals surface area contributed by atoms with Crippen molar-refractivity contribution in [3.8, 4) is 0 Å². The second-order valence-electron chi connectivity index (χ2n) is 18.4. The molecular weight excluding hydrogens is 732 g/mol. The molecule has 0 unspecified atom stereocenters. The van der Waals surface area contributed by atoms with E-state index in [-0.39, 0.29) is 53.4 Å². The molecule has 0 aromatic rings. The molecule has 10 N–H and O–H groups in total. The zero-order chi connectivity index (χ0) is 41.1. The minimum Gasteiger partial charge on any atom is -0.481 e.